The minimum atomic E-state index is -1.10. The highest BCUT2D eigenvalue weighted by Gasteiger charge is 2.21. The van der Waals surface area contributed by atoms with E-state index < -0.39 is 17.9 Å². The molecular weight excluding hydrogens is 344 g/mol. The molecule has 6 nitrogen and oxygen atoms in total. The van der Waals surface area contributed by atoms with Gasteiger partial charge in [0.2, 0.25) is 0 Å². The first kappa shape index (κ1) is 20.2. The van der Waals surface area contributed by atoms with Crippen LogP contribution in [0.15, 0.2) is 54.6 Å². The second-order valence-corrected chi connectivity index (χ2v) is 6.11. The monoisotopic (exact) mass is 368 g/mol. The van der Waals surface area contributed by atoms with Crippen LogP contribution in [-0.4, -0.2) is 46.9 Å². The van der Waals surface area contributed by atoms with Gasteiger partial charge in [0, 0.05) is 30.6 Å². The first-order valence-electron chi connectivity index (χ1n) is 8.93. The van der Waals surface area contributed by atoms with Crippen LogP contribution in [0.3, 0.4) is 0 Å². The number of carboxylic acids is 1. The molecule has 27 heavy (non-hydrogen) atoms. The van der Waals surface area contributed by atoms with Crippen molar-refractivity contribution in [1.29, 1.82) is 0 Å². The first-order chi connectivity index (χ1) is 13.0. The molecule has 2 N–H and O–H groups in total. The van der Waals surface area contributed by atoms with E-state index in [1.807, 2.05) is 44.2 Å². The van der Waals surface area contributed by atoms with Crippen LogP contribution in [0.5, 0.6) is 0 Å². The number of aliphatic carboxylic acids is 1. The molecule has 2 aromatic carbocycles. The molecule has 0 spiro atoms. The fraction of sp³-hybridized carbons (Fsp3) is 0.286. The lowest BCUT2D eigenvalue weighted by Gasteiger charge is -2.19. The van der Waals surface area contributed by atoms with Crippen molar-refractivity contribution in [2.45, 2.75) is 26.3 Å². The zero-order valence-electron chi connectivity index (χ0n) is 15.5. The summed E-state index contributed by atoms with van der Waals surface area (Å²) < 4.78 is 0. The van der Waals surface area contributed by atoms with Gasteiger partial charge in [0.25, 0.3) is 11.8 Å². The van der Waals surface area contributed by atoms with E-state index in [0.717, 1.165) is 5.56 Å². The second-order valence-electron chi connectivity index (χ2n) is 6.11. The molecule has 0 aromatic heterocycles. The fourth-order valence-electron chi connectivity index (χ4n) is 2.75. The molecule has 2 aromatic rings. The van der Waals surface area contributed by atoms with Gasteiger partial charge in [-0.25, -0.2) is 4.79 Å². The minimum Gasteiger partial charge on any atom is -0.480 e. The number of amides is 2. The quantitative estimate of drug-likeness (QED) is 0.750. The molecule has 0 radical (unpaired) electrons. The highest BCUT2D eigenvalue weighted by Crippen LogP contribution is 2.09. The Bertz CT molecular complexity index is 784. The maximum Gasteiger partial charge on any atom is 0.326 e. The Kier molecular flexibility index (Phi) is 7.11. The van der Waals surface area contributed by atoms with Crippen LogP contribution < -0.4 is 5.32 Å². The molecule has 0 aliphatic heterocycles. The van der Waals surface area contributed by atoms with Crippen LogP contribution in [0.1, 0.15) is 40.1 Å². The minimum absolute atomic E-state index is 0.0977. The van der Waals surface area contributed by atoms with Crippen molar-refractivity contribution in [3.63, 3.8) is 0 Å². The third-order valence-corrected chi connectivity index (χ3v) is 4.33. The molecular formula is C21H24N2O4. The summed E-state index contributed by atoms with van der Waals surface area (Å²) in [4.78, 5) is 37.9. The number of nitrogens with zero attached hydrogens (tertiary/aromatic N) is 1. The number of hydrogen-bond acceptors (Lipinski definition) is 3. The summed E-state index contributed by atoms with van der Waals surface area (Å²) >= 11 is 0. The Balaban J connectivity index is 2.07. The van der Waals surface area contributed by atoms with Gasteiger partial charge in [-0.05, 0) is 43.7 Å². The highest BCUT2D eigenvalue weighted by atomic mass is 16.4. The Morgan fingerprint density at radius 3 is 2.00 bits per heavy atom. The number of carbonyl (C=O) groups excluding carboxylic acids is 2. The van der Waals surface area contributed by atoms with Crippen molar-refractivity contribution in [1.82, 2.24) is 10.2 Å². The van der Waals surface area contributed by atoms with Gasteiger partial charge in [0.05, 0.1) is 0 Å². The summed E-state index contributed by atoms with van der Waals surface area (Å²) in [5.41, 5.74) is 1.63. The van der Waals surface area contributed by atoms with Crippen molar-refractivity contribution in [2.75, 3.05) is 13.1 Å². The third kappa shape index (κ3) is 5.41. The van der Waals surface area contributed by atoms with E-state index in [9.17, 15) is 19.5 Å². The predicted molar refractivity (Wildman–Crippen MR) is 103 cm³/mol. The molecule has 142 valence electrons. The van der Waals surface area contributed by atoms with E-state index in [-0.39, 0.29) is 12.3 Å². The Morgan fingerprint density at radius 2 is 1.48 bits per heavy atom. The smallest absolute Gasteiger partial charge is 0.326 e. The van der Waals surface area contributed by atoms with Crippen molar-refractivity contribution in [2.24, 2.45) is 0 Å². The fourth-order valence-corrected chi connectivity index (χ4v) is 2.75. The van der Waals surface area contributed by atoms with E-state index in [1.54, 1.807) is 17.0 Å². The number of carbonyl (C=O) groups is 3. The van der Waals surface area contributed by atoms with Gasteiger partial charge < -0.3 is 15.3 Å². The Labute approximate surface area is 158 Å². The summed E-state index contributed by atoms with van der Waals surface area (Å²) in [5, 5.41) is 11.9. The zero-order chi connectivity index (χ0) is 19.8. The normalized spacial score (nSPS) is 11.5. The third-order valence-electron chi connectivity index (χ3n) is 4.33. The van der Waals surface area contributed by atoms with E-state index in [1.165, 1.54) is 12.1 Å². The Hall–Kier alpha value is -3.15. The van der Waals surface area contributed by atoms with E-state index in [4.69, 9.17) is 0 Å². The lowest BCUT2D eigenvalue weighted by Crippen LogP contribution is -2.42. The SMILES string of the molecule is CCN(CC)C(=O)c1ccc(C(=O)N[C@H](Cc2ccccc2)C(=O)O)cc1. The van der Waals surface area contributed by atoms with Crippen LogP contribution >= 0.6 is 0 Å². The molecule has 2 amide bonds. The summed E-state index contributed by atoms with van der Waals surface area (Å²) in [6.07, 6.45) is 0.195. The van der Waals surface area contributed by atoms with Gasteiger partial charge >= 0.3 is 5.97 Å². The number of carboxylic acid groups (broad SMARTS) is 1. The van der Waals surface area contributed by atoms with Gasteiger partial charge in [0.15, 0.2) is 0 Å². The van der Waals surface area contributed by atoms with Crippen LogP contribution in [-0.2, 0) is 11.2 Å². The number of hydrogen-bond donors (Lipinski definition) is 2. The molecule has 0 heterocycles. The van der Waals surface area contributed by atoms with Crippen LogP contribution in [0.4, 0.5) is 0 Å². The topological polar surface area (TPSA) is 86.7 Å². The Morgan fingerprint density at radius 1 is 0.926 bits per heavy atom. The maximum atomic E-state index is 12.4. The first-order valence-corrected chi connectivity index (χ1v) is 8.93. The average Bonchev–Trinajstić information content (AvgIpc) is 2.69. The average molecular weight is 368 g/mol. The summed E-state index contributed by atoms with van der Waals surface area (Å²) in [6, 6.07) is 14.3. The van der Waals surface area contributed by atoms with Gasteiger partial charge in [-0.2, -0.15) is 0 Å². The standard InChI is InChI=1S/C21H24N2O4/c1-3-23(4-2)20(25)17-12-10-16(11-13-17)19(24)22-18(21(26)27)14-15-8-6-5-7-9-15/h5-13,18H,3-4,14H2,1-2H3,(H,22,24)(H,26,27)/t18-/m1/s1. The lowest BCUT2D eigenvalue weighted by atomic mass is 10.0. The van der Waals surface area contributed by atoms with Crippen LogP contribution in [0.25, 0.3) is 0 Å². The summed E-state index contributed by atoms with van der Waals surface area (Å²) in [6.45, 7) is 5.03. The van der Waals surface area contributed by atoms with Gasteiger partial charge in [0.1, 0.15) is 6.04 Å². The van der Waals surface area contributed by atoms with Crippen LogP contribution in [0.2, 0.25) is 0 Å². The van der Waals surface area contributed by atoms with Gasteiger partial charge in [-0.15, -0.1) is 0 Å². The molecule has 0 aliphatic carbocycles. The number of nitrogens with one attached hydrogen (secondary N) is 1. The van der Waals surface area contributed by atoms with E-state index >= 15 is 0 Å². The van der Waals surface area contributed by atoms with Crippen LogP contribution in [0, 0.1) is 0 Å². The van der Waals surface area contributed by atoms with Crippen molar-refractivity contribution < 1.29 is 19.5 Å². The summed E-state index contributed by atoms with van der Waals surface area (Å²) in [5.74, 6) is -1.68. The molecule has 0 bridgehead atoms. The molecule has 6 heteroatoms. The number of rotatable bonds is 8. The lowest BCUT2D eigenvalue weighted by molar-refractivity contribution is -0.139. The van der Waals surface area contributed by atoms with Gasteiger partial charge in [-0.1, -0.05) is 30.3 Å². The van der Waals surface area contributed by atoms with Gasteiger partial charge in [-0.3, -0.25) is 9.59 Å². The molecule has 0 unspecified atom stereocenters. The maximum absolute atomic E-state index is 12.4. The van der Waals surface area contributed by atoms with E-state index in [0.29, 0.717) is 24.2 Å². The summed E-state index contributed by atoms with van der Waals surface area (Å²) in [7, 11) is 0. The molecule has 1 atom stereocenters. The van der Waals surface area contributed by atoms with E-state index in [2.05, 4.69) is 5.32 Å². The van der Waals surface area contributed by atoms with Crippen molar-refractivity contribution >= 4 is 17.8 Å². The molecule has 0 aliphatic rings. The highest BCUT2D eigenvalue weighted by molar-refractivity contribution is 5.99. The van der Waals surface area contributed by atoms with Crippen molar-refractivity contribution in [3.05, 3.63) is 71.3 Å². The molecule has 0 saturated carbocycles. The molecule has 0 fully saturated rings. The molecule has 0 saturated heterocycles. The largest absolute Gasteiger partial charge is 0.480 e. The predicted octanol–water partition coefficient (Wildman–Crippen LogP) is 2.59. The second kappa shape index (κ2) is 9.52. The zero-order valence-corrected chi connectivity index (χ0v) is 15.5. The van der Waals surface area contributed by atoms with Crippen molar-refractivity contribution in [3.8, 4) is 0 Å². The molecule has 2 rings (SSSR count). The number of benzene rings is 2.